The molecule has 29 heavy (non-hydrogen) atoms. The molecule has 1 aromatic carbocycles. The summed E-state index contributed by atoms with van der Waals surface area (Å²) in [6, 6.07) is 5.34. The Bertz CT molecular complexity index is 940. The molecular weight excluding hydrogens is 415 g/mol. The fourth-order valence-corrected chi connectivity index (χ4v) is 5.61. The van der Waals surface area contributed by atoms with Gasteiger partial charge in [-0.2, -0.15) is 4.31 Å². The number of aromatic nitrogens is 2. The van der Waals surface area contributed by atoms with Crippen molar-refractivity contribution in [2.45, 2.75) is 50.3 Å². The summed E-state index contributed by atoms with van der Waals surface area (Å²) in [5, 5.41) is 12.3. The summed E-state index contributed by atoms with van der Waals surface area (Å²) in [6.45, 7) is 2.49. The van der Waals surface area contributed by atoms with Crippen LogP contribution in [0, 0.1) is 11.7 Å². The van der Waals surface area contributed by atoms with Crippen LogP contribution in [0.2, 0.25) is 0 Å². The molecule has 3 rings (SSSR count). The van der Waals surface area contributed by atoms with E-state index in [4.69, 9.17) is 0 Å². The molecule has 1 fully saturated rings. The Kier molecular flexibility index (Phi) is 7.31. The minimum absolute atomic E-state index is 0.174. The van der Waals surface area contributed by atoms with Crippen molar-refractivity contribution < 1.29 is 17.6 Å². The van der Waals surface area contributed by atoms with E-state index < -0.39 is 15.8 Å². The minimum atomic E-state index is -3.90. The van der Waals surface area contributed by atoms with Gasteiger partial charge in [0, 0.05) is 25.4 Å². The number of rotatable bonds is 8. The summed E-state index contributed by atoms with van der Waals surface area (Å²) < 4.78 is 40.5. The van der Waals surface area contributed by atoms with E-state index in [-0.39, 0.29) is 29.8 Å². The van der Waals surface area contributed by atoms with Gasteiger partial charge in [-0.05, 0) is 31.4 Å². The van der Waals surface area contributed by atoms with Crippen molar-refractivity contribution in [3.05, 3.63) is 35.1 Å². The van der Waals surface area contributed by atoms with Crippen LogP contribution in [0.4, 0.5) is 9.52 Å². The third-order valence-corrected chi connectivity index (χ3v) is 7.80. The Labute approximate surface area is 174 Å². The molecule has 1 aliphatic rings. The van der Waals surface area contributed by atoms with E-state index in [1.54, 1.807) is 0 Å². The largest absolute Gasteiger partial charge is 0.300 e. The fourth-order valence-electron chi connectivity index (χ4n) is 3.29. The number of piperidine rings is 1. The molecule has 1 aliphatic heterocycles. The first-order valence-corrected chi connectivity index (χ1v) is 12.1. The van der Waals surface area contributed by atoms with Crippen molar-refractivity contribution in [3.8, 4) is 0 Å². The number of amides is 1. The van der Waals surface area contributed by atoms with Gasteiger partial charge in [-0.15, -0.1) is 10.2 Å². The zero-order valence-corrected chi connectivity index (χ0v) is 17.9. The zero-order valence-electron chi connectivity index (χ0n) is 16.3. The van der Waals surface area contributed by atoms with Crippen molar-refractivity contribution in [2.24, 2.45) is 5.92 Å². The van der Waals surface area contributed by atoms with Crippen LogP contribution in [0.15, 0.2) is 29.2 Å². The van der Waals surface area contributed by atoms with E-state index in [1.807, 2.05) is 0 Å². The Balaban J connectivity index is 1.54. The van der Waals surface area contributed by atoms with Gasteiger partial charge in [0.2, 0.25) is 21.1 Å². The number of anilines is 1. The molecule has 10 heteroatoms. The number of hydrogen-bond donors (Lipinski definition) is 1. The van der Waals surface area contributed by atoms with E-state index in [9.17, 15) is 17.6 Å². The number of hydrogen-bond acceptors (Lipinski definition) is 6. The third-order valence-electron chi connectivity index (χ3n) is 4.97. The summed E-state index contributed by atoms with van der Waals surface area (Å²) in [6.07, 6.45) is 4.93. The van der Waals surface area contributed by atoms with Crippen molar-refractivity contribution in [2.75, 3.05) is 18.4 Å². The van der Waals surface area contributed by atoms with Crippen LogP contribution >= 0.6 is 11.3 Å². The number of sulfonamides is 1. The molecule has 0 unspecified atom stereocenters. The second-order valence-corrected chi connectivity index (χ2v) is 10.0. The SMILES string of the molecule is CCCCCc1nnc(NC(=O)C2CCN(S(=O)(=O)c3ccccc3F)CC2)s1. The number of aryl methyl sites for hydroxylation is 1. The van der Waals surface area contributed by atoms with Crippen LogP contribution in [0.3, 0.4) is 0 Å². The van der Waals surface area contributed by atoms with E-state index in [0.717, 1.165) is 36.8 Å². The lowest BCUT2D eigenvalue weighted by molar-refractivity contribution is -0.120. The Morgan fingerprint density at radius 3 is 2.66 bits per heavy atom. The maximum Gasteiger partial charge on any atom is 0.245 e. The molecule has 0 saturated carbocycles. The van der Waals surface area contributed by atoms with Gasteiger partial charge in [-0.25, -0.2) is 12.8 Å². The average Bonchev–Trinajstić information content (AvgIpc) is 3.15. The molecule has 1 aromatic heterocycles. The monoisotopic (exact) mass is 440 g/mol. The summed E-state index contributed by atoms with van der Waals surface area (Å²) >= 11 is 1.38. The molecule has 7 nitrogen and oxygen atoms in total. The van der Waals surface area contributed by atoms with Crippen molar-refractivity contribution in [1.29, 1.82) is 0 Å². The van der Waals surface area contributed by atoms with Crippen LogP contribution < -0.4 is 5.32 Å². The van der Waals surface area contributed by atoms with Gasteiger partial charge in [0.25, 0.3) is 0 Å². The van der Waals surface area contributed by atoms with Gasteiger partial charge in [0.1, 0.15) is 15.7 Å². The molecule has 0 bridgehead atoms. The molecule has 1 amide bonds. The highest BCUT2D eigenvalue weighted by Gasteiger charge is 2.33. The minimum Gasteiger partial charge on any atom is -0.300 e. The van der Waals surface area contributed by atoms with E-state index in [0.29, 0.717) is 18.0 Å². The predicted octanol–water partition coefficient (Wildman–Crippen LogP) is 3.45. The number of nitrogens with zero attached hydrogens (tertiary/aromatic N) is 3. The lowest BCUT2D eigenvalue weighted by atomic mass is 9.97. The second-order valence-electron chi connectivity index (χ2n) is 7.06. The van der Waals surface area contributed by atoms with E-state index in [1.165, 1.54) is 33.8 Å². The fraction of sp³-hybridized carbons (Fsp3) is 0.526. The standard InChI is InChI=1S/C19H25FN4O3S2/c1-2-3-4-9-17-22-23-19(28-17)21-18(25)14-10-12-24(13-11-14)29(26,27)16-8-6-5-7-15(16)20/h5-8,14H,2-4,9-13H2,1H3,(H,21,23,25). The molecule has 2 heterocycles. The van der Waals surface area contributed by atoms with Gasteiger partial charge in [0.05, 0.1) is 0 Å². The highest BCUT2D eigenvalue weighted by atomic mass is 32.2. The van der Waals surface area contributed by atoms with Gasteiger partial charge >= 0.3 is 0 Å². The van der Waals surface area contributed by atoms with Gasteiger partial charge < -0.3 is 5.32 Å². The lowest BCUT2D eigenvalue weighted by Crippen LogP contribution is -2.41. The predicted molar refractivity (Wildman–Crippen MR) is 110 cm³/mol. The first kappa shape index (κ1) is 21.8. The Hall–Kier alpha value is -1.91. The van der Waals surface area contributed by atoms with Gasteiger partial charge in [-0.1, -0.05) is 43.2 Å². The molecule has 0 atom stereocenters. The number of carbonyl (C=O) groups is 1. The maximum atomic E-state index is 13.9. The first-order chi connectivity index (χ1) is 13.9. The van der Waals surface area contributed by atoms with Crippen molar-refractivity contribution in [3.63, 3.8) is 0 Å². The zero-order chi connectivity index (χ0) is 20.9. The highest BCUT2D eigenvalue weighted by molar-refractivity contribution is 7.89. The maximum absolute atomic E-state index is 13.9. The van der Waals surface area contributed by atoms with Gasteiger partial charge in [-0.3, -0.25) is 4.79 Å². The summed E-state index contributed by atoms with van der Waals surface area (Å²) in [4.78, 5) is 12.2. The highest BCUT2D eigenvalue weighted by Crippen LogP contribution is 2.26. The van der Waals surface area contributed by atoms with Crippen molar-refractivity contribution in [1.82, 2.24) is 14.5 Å². The molecule has 158 valence electrons. The van der Waals surface area contributed by atoms with Crippen LogP contribution in [-0.4, -0.2) is 41.9 Å². The smallest absolute Gasteiger partial charge is 0.245 e. The number of benzene rings is 1. The van der Waals surface area contributed by atoms with Crippen LogP contribution in [0.5, 0.6) is 0 Å². The lowest BCUT2D eigenvalue weighted by Gasteiger charge is -2.30. The van der Waals surface area contributed by atoms with E-state index >= 15 is 0 Å². The summed E-state index contributed by atoms with van der Waals surface area (Å²) in [5.74, 6) is -1.25. The van der Waals surface area contributed by atoms with Crippen LogP contribution in [0.25, 0.3) is 0 Å². The molecule has 0 radical (unpaired) electrons. The third kappa shape index (κ3) is 5.37. The number of nitrogens with one attached hydrogen (secondary N) is 1. The number of carbonyl (C=O) groups excluding carboxylic acids is 1. The molecule has 2 aromatic rings. The molecule has 0 aliphatic carbocycles. The topological polar surface area (TPSA) is 92.3 Å². The molecule has 1 saturated heterocycles. The average molecular weight is 441 g/mol. The summed E-state index contributed by atoms with van der Waals surface area (Å²) in [5.41, 5.74) is 0. The number of unbranched alkanes of at least 4 members (excludes halogenated alkanes) is 2. The molecule has 0 spiro atoms. The second kappa shape index (κ2) is 9.73. The number of halogens is 1. The quantitative estimate of drug-likeness (QED) is 0.635. The Morgan fingerprint density at radius 1 is 1.24 bits per heavy atom. The normalized spacial score (nSPS) is 16.1. The molecule has 1 N–H and O–H groups in total. The van der Waals surface area contributed by atoms with Crippen LogP contribution in [-0.2, 0) is 21.2 Å². The first-order valence-electron chi connectivity index (χ1n) is 9.79. The van der Waals surface area contributed by atoms with E-state index in [2.05, 4.69) is 22.4 Å². The van der Waals surface area contributed by atoms with Gasteiger partial charge in [0.15, 0.2) is 0 Å². The van der Waals surface area contributed by atoms with Crippen molar-refractivity contribution >= 4 is 32.4 Å². The Morgan fingerprint density at radius 2 is 1.97 bits per heavy atom. The van der Waals surface area contributed by atoms with Crippen LogP contribution in [0.1, 0.15) is 44.0 Å². The summed E-state index contributed by atoms with van der Waals surface area (Å²) in [7, 11) is -3.90. The molecular formula is C19H25FN4O3S2.